The Kier molecular flexibility index (Phi) is 10.00. The van der Waals surface area contributed by atoms with Crippen LogP contribution in [0.25, 0.3) is 11.1 Å². The van der Waals surface area contributed by atoms with E-state index < -0.39 is 0 Å². The number of oxazole rings is 1. The van der Waals surface area contributed by atoms with E-state index in [2.05, 4.69) is 40.7 Å². The molecule has 152 valence electrons. The van der Waals surface area contributed by atoms with Crippen molar-refractivity contribution in [2.24, 2.45) is 0 Å². The number of piperidine rings is 1. The fourth-order valence-corrected chi connectivity index (χ4v) is 3.80. The predicted molar refractivity (Wildman–Crippen MR) is 117 cm³/mol. The highest BCUT2D eigenvalue weighted by atomic mass is 35.5. The first-order valence-corrected chi connectivity index (χ1v) is 10.7. The van der Waals surface area contributed by atoms with E-state index in [1.54, 1.807) is 0 Å². The van der Waals surface area contributed by atoms with Crippen LogP contribution < -0.4 is 10.6 Å². The van der Waals surface area contributed by atoms with Gasteiger partial charge in [-0.15, -0.1) is 12.4 Å². The monoisotopic (exact) mass is 393 g/mol. The van der Waals surface area contributed by atoms with Gasteiger partial charge < -0.3 is 15.1 Å². The van der Waals surface area contributed by atoms with Crippen molar-refractivity contribution in [2.75, 3.05) is 18.4 Å². The maximum absolute atomic E-state index is 5.87. The maximum atomic E-state index is 5.87. The number of rotatable bonds is 11. The van der Waals surface area contributed by atoms with E-state index in [-0.39, 0.29) is 12.4 Å². The van der Waals surface area contributed by atoms with Gasteiger partial charge in [0.2, 0.25) is 0 Å². The fourth-order valence-electron chi connectivity index (χ4n) is 3.80. The van der Waals surface area contributed by atoms with E-state index in [1.807, 2.05) is 0 Å². The molecule has 0 radical (unpaired) electrons. The number of nitrogens with one attached hydrogen (secondary N) is 2. The number of nitrogens with zero attached hydrogens (tertiary/aromatic N) is 1. The quantitative estimate of drug-likeness (QED) is 0.453. The molecule has 0 unspecified atom stereocenters. The zero-order valence-electron chi connectivity index (χ0n) is 16.8. The Morgan fingerprint density at radius 1 is 1.11 bits per heavy atom. The number of benzene rings is 1. The van der Waals surface area contributed by atoms with E-state index >= 15 is 0 Å². The smallest absolute Gasteiger partial charge is 0.295 e. The molecule has 3 rings (SSSR count). The molecule has 2 heterocycles. The topological polar surface area (TPSA) is 50.1 Å². The summed E-state index contributed by atoms with van der Waals surface area (Å²) in [5.74, 6) is 0. The van der Waals surface area contributed by atoms with Gasteiger partial charge in [-0.05, 0) is 49.9 Å². The summed E-state index contributed by atoms with van der Waals surface area (Å²) < 4.78 is 5.87. The summed E-state index contributed by atoms with van der Waals surface area (Å²) in [6.45, 7) is 4.38. The minimum atomic E-state index is 0. The highest BCUT2D eigenvalue weighted by Crippen LogP contribution is 2.22. The molecular weight excluding hydrogens is 358 g/mol. The largest absolute Gasteiger partial charge is 0.424 e. The molecule has 2 N–H and O–H groups in total. The lowest BCUT2D eigenvalue weighted by atomic mass is 10.0. The highest BCUT2D eigenvalue weighted by Gasteiger charge is 2.15. The molecule has 1 aliphatic rings. The average molecular weight is 394 g/mol. The van der Waals surface area contributed by atoms with Gasteiger partial charge in [-0.3, -0.25) is 0 Å². The molecule has 0 amide bonds. The van der Waals surface area contributed by atoms with Crippen molar-refractivity contribution in [3.05, 3.63) is 23.8 Å². The van der Waals surface area contributed by atoms with Gasteiger partial charge in [0.1, 0.15) is 5.52 Å². The van der Waals surface area contributed by atoms with Gasteiger partial charge in [-0.25, -0.2) is 0 Å². The standard InChI is InChI=1S/C22H35N3O.ClH/c1-2-3-4-5-6-7-8-9-11-18-13-14-21-20(16-18)25-22(26-21)24-19-12-10-15-23-17-19;/h13-14,16,19,23H,2-12,15,17H2,1H3,(H,24,25);1H/t19-;/m1./s1. The molecule has 1 saturated heterocycles. The Morgan fingerprint density at radius 2 is 1.89 bits per heavy atom. The third-order valence-electron chi connectivity index (χ3n) is 5.40. The van der Waals surface area contributed by atoms with Gasteiger partial charge in [0.15, 0.2) is 5.58 Å². The van der Waals surface area contributed by atoms with E-state index in [1.165, 1.54) is 69.8 Å². The van der Waals surface area contributed by atoms with Crippen molar-refractivity contribution in [3.8, 4) is 0 Å². The van der Waals surface area contributed by atoms with E-state index in [0.29, 0.717) is 12.1 Å². The van der Waals surface area contributed by atoms with Crippen LogP contribution in [0.5, 0.6) is 0 Å². The lowest BCUT2D eigenvalue weighted by molar-refractivity contribution is 0.467. The molecular formula is C22H36ClN3O. The van der Waals surface area contributed by atoms with Crippen LogP contribution in [0.2, 0.25) is 0 Å². The Morgan fingerprint density at radius 3 is 2.63 bits per heavy atom. The number of fused-ring (bicyclic) bond motifs is 1. The first-order chi connectivity index (χ1) is 12.8. The molecule has 4 nitrogen and oxygen atoms in total. The van der Waals surface area contributed by atoms with Crippen molar-refractivity contribution in [1.29, 1.82) is 0 Å². The molecule has 1 aromatic carbocycles. The molecule has 0 spiro atoms. The molecule has 27 heavy (non-hydrogen) atoms. The summed E-state index contributed by atoms with van der Waals surface area (Å²) in [4.78, 5) is 4.65. The van der Waals surface area contributed by atoms with Gasteiger partial charge in [0, 0.05) is 12.6 Å². The van der Waals surface area contributed by atoms with Crippen LogP contribution in [0.3, 0.4) is 0 Å². The average Bonchev–Trinajstić information content (AvgIpc) is 3.06. The normalized spacial score (nSPS) is 17.0. The molecule has 1 atom stereocenters. The SMILES string of the molecule is CCCCCCCCCCc1ccc2oc(N[C@@H]3CCCNC3)nc2c1.Cl. The minimum Gasteiger partial charge on any atom is -0.424 e. The molecule has 5 heteroatoms. The van der Waals surface area contributed by atoms with Crippen LogP contribution in [0, 0.1) is 0 Å². The third kappa shape index (κ3) is 7.34. The van der Waals surface area contributed by atoms with E-state index in [9.17, 15) is 0 Å². The van der Waals surface area contributed by atoms with Crippen molar-refractivity contribution in [2.45, 2.75) is 83.6 Å². The van der Waals surface area contributed by atoms with E-state index in [0.717, 1.165) is 30.6 Å². The van der Waals surface area contributed by atoms with Crippen LogP contribution in [0.4, 0.5) is 6.01 Å². The lowest BCUT2D eigenvalue weighted by Gasteiger charge is -2.22. The summed E-state index contributed by atoms with van der Waals surface area (Å²) >= 11 is 0. The molecule has 0 bridgehead atoms. The number of hydrogen-bond acceptors (Lipinski definition) is 4. The van der Waals surface area contributed by atoms with Crippen molar-refractivity contribution in [3.63, 3.8) is 0 Å². The molecule has 2 aromatic rings. The van der Waals surface area contributed by atoms with Gasteiger partial charge in [0.05, 0.1) is 0 Å². The number of aromatic nitrogens is 1. The second-order valence-corrected chi connectivity index (χ2v) is 7.73. The molecule has 1 fully saturated rings. The second-order valence-electron chi connectivity index (χ2n) is 7.73. The molecule has 0 aliphatic carbocycles. The Hall–Kier alpha value is -1.26. The highest BCUT2D eigenvalue weighted by molar-refractivity contribution is 5.85. The summed E-state index contributed by atoms with van der Waals surface area (Å²) in [6, 6.07) is 7.56. The number of aryl methyl sites for hydroxylation is 1. The first-order valence-electron chi connectivity index (χ1n) is 10.7. The molecule has 1 aromatic heterocycles. The van der Waals surface area contributed by atoms with Gasteiger partial charge >= 0.3 is 0 Å². The van der Waals surface area contributed by atoms with Crippen LogP contribution >= 0.6 is 12.4 Å². The van der Waals surface area contributed by atoms with Crippen molar-refractivity contribution in [1.82, 2.24) is 10.3 Å². The number of unbranched alkanes of at least 4 members (excludes halogenated alkanes) is 7. The van der Waals surface area contributed by atoms with Crippen molar-refractivity contribution >= 4 is 29.5 Å². The molecule has 0 saturated carbocycles. The fraction of sp³-hybridized carbons (Fsp3) is 0.682. The maximum Gasteiger partial charge on any atom is 0.295 e. The van der Waals surface area contributed by atoms with Crippen LogP contribution in [0.15, 0.2) is 22.6 Å². The Bertz CT molecular complexity index is 652. The van der Waals surface area contributed by atoms with Gasteiger partial charge in [0.25, 0.3) is 6.01 Å². The third-order valence-corrected chi connectivity index (χ3v) is 5.40. The van der Waals surface area contributed by atoms with Crippen LogP contribution in [-0.2, 0) is 6.42 Å². The second kappa shape index (κ2) is 12.2. The van der Waals surface area contributed by atoms with Crippen molar-refractivity contribution < 1.29 is 4.42 Å². The van der Waals surface area contributed by atoms with Gasteiger partial charge in [-0.1, -0.05) is 57.9 Å². The van der Waals surface area contributed by atoms with Crippen LogP contribution in [-0.4, -0.2) is 24.1 Å². The van der Waals surface area contributed by atoms with Crippen LogP contribution in [0.1, 0.15) is 76.7 Å². The summed E-state index contributed by atoms with van der Waals surface area (Å²) in [7, 11) is 0. The zero-order chi connectivity index (χ0) is 18.0. The Balaban J connectivity index is 0.00000261. The Labute approximate surface area is 170 Å². The number of hydrogen-bond donors (Lipinski definition) is 2. The molecule has 1 aliphatic heterocycles. The summed E-state index contributed by atoms with van der Waals surface area (Å²) in [5.41, 5.74) is 3.24. The first kappa shape index (κ1) is 22.0. The minimum absolute atomic E-state index is 0. The van der Waals surface area contributed by atoms with E-state index in [4.69, 9.17) is 4.42 Å². The number of halogens is 1. The summed E-state index contributed by atoms with van der Waals surface area (Å²) in [6.07, 6.45) is 14.5. The lowest BCUT2D eigenvalue weighted by Crippen LogP contribution is -2.38. The van der Waals surface area contributed by atoms with Gasteiger partial charge in [-0.2, -0.15) is 4.98 Å². The predicted octanol–water partition coefficient (Wildman–Crippen LogP) is 6.10. The summed E-state index contributed by atoms with van der Waals surface area (Å²) in [5, 5.41) is 6.84. The number of anilines is 1. The zero-order valence-corrected chi connectivity index (χ0v) is 17.6.